The van der Waals surface area contributed by atoms with Crippen LogP contribution in [0.5, 0.6) is 0 Å². The number of nitrogens with one attached hydrogen (secondary N) is 1. The first kappa shape index (κ1) is 9.50. The van der Waals surface area contributed by atoms with Crippen molar-refractivity contribution in [3.8, 4) is 0 Å². The molecule has 0 aliphatic carbocycles. The van der Waals surface area contributed by atoms with E-state index in [0.717, 1.165) is 11.3 Å². The number of aryl methyl sites for hydroxylation is 1. The maximum absolute atomic E-state index is 10.9. The molecule has 0 atom stereocenters. The van der Waals surface area contributed by atoms with Crippen LogP contribution in [0.4, 0.5) is 5.88 Å². The lowest BCUT2D eigenvalue weighted by Gasteiger charge is -1.96. The summed E-state index contributed by atoms with van der Waals surface area (Å²) < 4.78 is 5.30. The molecule has 1 N–H and O–H groups in total. The third-order valence-corrected chi connectivity index (χ3v) is 2.22. The lowest BCUT2D eigenvalue weighted by molar-refractivity contribution is -0.113. The fraction of sp³-hybridized carbons (Fsp3) is 0.429. The second-order valence-electron chi connectivity index (χ2n) is 2.40. The second kappa shape index (κ2) is 3.88. The summed E-state index contributed by atoms with van der Waals surface area (Å²) in [5.41, 5.74) is 1.69. The molecule has 66 valence electrons. The molecule has 0 aliphatic heterocycles. The van der Waals surface area contributed by atoms with Crippen LogP contribution < -0.4 is 5.32 Å². The summed E-state index contributed by atoms with van der Waals surface area (Å²) in [5.74, 6) is 0.379. The lowest BCUT2D eigenvalue weighted by atomic mass is 10.3. The van der Waals surface area contributed by atoms with Gasteiger partial charge >= 0.3 is 0 Å². The zero-order chi connectivity index (χ0) is 9.14. The van der Waals surface area contributed by atoms with Gasteiger partial charge in [0.15, 0.2) is 0 Å². The number of alkyl halides is 1. The summed E-state index contributed by atoms with van der Waals surface area (Å²) in [7, 11) is 0. The molecule has 0 aromatic carbocycles. The third kappa shape index (κ3) is 1.96. The standard InChI is InChI=1S/C7H9IN2O2/c1-4-5(2)10-12-7(4)9-6(11)3-8/h3H2,1-2H3,(H,9,11). The maximum atomic E-state index is 10.9. The highest BCUT2D eigenvalue weighted by Gasteiger charge is 2.09. The van der Waals surface area contributed by atoms with Crippen molar-refractivity contribution in [1.29, 1.82) is 0 Å². The minimum Gasteiger partial charge on any atom is -0.338 e. The number of rotatable bonds is 2. The summed E-state index contributed by atoms with van der Waals surface area (Å²) in [6.07, 6.45) is 0. The van der Waals surface area contributed by atoms with Crippen molar-refractivity contribution in [3.63, 3.8) is 0 Å². The Bertz CT molecular complexity index is 296. The van der Waals surface area contributed by atoms with Gasteiger partial charge in [0.2, 0.25) is 11.8 Å². The van der Waals surface area contributed by atoms with Crippen LogP contribution in [0.25, 0.3) is 0 Å². The fourth-order valence-electron chi connectivity index (χ4n) is 0.692. The molecule has 0 saturated carbocycles. The molecular formula is C7H9IN2O2. The SMILES string of the molecule is Cc1noc(NC(=O)CI)c1C. The van der Waals surface area contributed by atoms with E-state index in [-0.39, 0.29) is 5.91 Å². The molecule has 0 unspecified atom stereocenters. The van der Waals surface area contributed by atoms with E-state index in [1.54, 1.807) is 0 Å². The van der Waals surface area contributed by atoms with Crippen LogP contribution in [-0.2, 0) is 4.79 Å². The van der Waals surface area contributed by atoms with Gasteiger partial charge in [0.05, 0.1) is 10.1 Å². The third-order valence-electron chi connectivity index (χ3n) is 1.53. The zero-order valence-electron chi connectivity index (χ0n) is 6.85. The molecule has 12 heavy (non-hydrogen) atoms. The first-order valence-corrected chi connectivity index (χ1v) is 4.96. The number of halogens is 1. The summed E-state index contributed by atoms with van der Waals surface area (Å²) in [6.45, 7) is 3.69. The molecule has 0 bridgehead atoms. The Morgan fingerprint density at radius 2 is 2.33 bits per heavy atom. The van der Waals surface area contributed by atoms with E-state index >= 15 is 0 Å². The van der Waals surface area contributed by atoms with Crippen LogP contribution in [-0.4, -0.2) is 15.5 Å². The van der Waals surface area contributed by atoms with Gasteiger partial charge in [0.1, 0.15) is 0 Å². The van der Waals surface area contributed by atoms with Crippen LogP contribution >= 0.6 is 22.6 Å². The molecule has 1 aromatic heterocycles. The monoisotopic (exact) mass is 280 g/mol. The van der Waals surface area contributed by atoms with Crippen molar-refractivity contribution in [2.75, 3.05) is 9.74 Å². The van der Waals surface area contributed by atoms with Crippen molar-refractivity contribution < 1.29 is 9.32 Å². The largest absolute Gasteiger partial charge is 0.338 e. The first-order valence-electron chi connectivity index (χ1n) is 3.44. The zero-order valence-corrected chi connectivity index (χ0v) is 9.01. The number of carbonyl (C=O) groups is 1. The number of hydrogen-bond acceptors (Lipinski definition) is 3. The van der Waals surface area contributed by atoms with Crippen molar-refractivity contribution in [2.45, 2.75) is 13.8 Å². The van der Waals surface area contributed by atoms with Gasteiger partial charge in [-0.15, -0.1) is 0 Å². The van der Waals surface area contributed by atoms with Gasteiger partial charge < -0.3 is 4.52 Å². The summed E-state index contributed by atoms with van der Waals surface area (Å²) in [6, 6.07) is 0. The Morgan fingerprint density at radius 1 is 1.67 bits per heavy atom. The topological polar surface area (TPSA) is 55.1 Å². The Balaban J connectivity index is 2.76. The van der Waals surface area contributed by atoms with Crippen molar-refractivity contribution in [2.24, 2.45) is 0 Å². The summed E-state index contributed by atoms with van der Waals surface area (Å²) >= 11 is 1.98. The minimum absolute atomic E-state index is 0.0742. The predicted octanol–water partition coefficient (Wildman–Crippen LogP) is 1.66. The highest BCUT2D eigenvalue weighted by Crippen LogP contribution is 2.16. The lowest BCUT2D eigenvalue weighted by Crippen LogP contribution is -2.12. The van der Waals surface area contributed by atoms with Crippen molar-refractivity contribution >= 4 is 34.4 Å². The predicted molar refractivity (Wildman–Crippen MR) is 53.5 cm³/mol. The van der Waals surface area contributed by atoms with Crippen molar-refractivity contribution in [1.82, 2.24) is 5.16 Å². The van der Waals surface area contributed by atoms with Crippen LogP contribution in [0.3, 0.4) is 0 Å². The second-order valence-corrected chi connectivity index (χ2v) is 3.17. The number of hydrogen-bond donors (Lipinski definition) is 1. The minimum atomic E-state index is -0.0742. The van der Waals surface area contributed by atoms with E-state index < -0.39 is 0 Å². The van der Waals surface area contributed by atoms with E-state index in [0.29, 0.717) is 10.3 Å². The average Bonchev–Trinajstić information content (AvgIpc) is 2.36. The highest BCUT2D eigenvalue weighted by molar-refractivity contribution is 14.1. The smallest absolute Gasteiger partial charge is 0.236 e. The highest BCUT2D eigenvalue weighted by atomic mass is 127. The van der Waals surface area contributed by atoms with Crippen LogP contribution in [0.1, 0.15) is 11.3 Å². The van der Waals surface area contributed by atoms with Gasteiger partial charge in [0, 0.05) is 5.56 Å². The molecule has 1 amide bonds. The van der Waals surface area contributed by atoms with E-state index in [1.165, 1.54) is 0 Å². The fourth-order valence-corrected chi connectivity index (χ4v) is 0.883. The van der Waals surface area contributed by atoms with E-state index in [2.05, 4.69) is 10.5 Å². The summed E-state index contributed by atoms with van der Waals surface area (Å²) in [4.78, 5) is 10.9. The van der Waals surface area contributed by atoms with Gasteiger partial charge in [0.25, 0.3) is 0 Å². The Kier molecular flexibility index (Phi) is 3.07. The Morgan fingerprint density at radius 3 is 2.75 bits per heavy atom. The molecule has 0 spiro atoms. The molecule has 0 radical (unpaired) electrons. The number of aromatic nitrogens is 1. The number of nitrogens with zero attached hydrogens (tertiary/aromatic N) is 1. The molecule has 1 heterocycles. The molecule has 4 nitrogen and oxygen atoms in total. The Labute approximate surface area is 83.8 Å². The molecule has 0 saturated heterocycles. The molecular weight excluding hydrogens is 271 g/mol. The van der Waals surface area contributed by atoms with Gasteiger partial charge in [-0.1, -0.05) is 27.7 Å². The first-order chi connectivity index (χ1) is 5.65. The van der Waals surface area contributed by atoms with Crippen LogP contribution in [0.15, 0.2) is 4.52 Å². The molecule has 1 rings (SSSR count). The van der Waals surface area contributed by atoms with Gasteiger partial charge in [-0.2, -0.15) is 0 Å². The van der Waals surface area contributed by atoms with Crippen molar-refractivity contribution in [3.05, 3.63) is 11.3 Å². The van der Waals surface area contributed by atoms with Gasteiger partial charge in [-0.3, -0.25) is 10.1 Å². The van der Waals surface area contributed by atoms with E-state index in [9.17, 15) is 4.79 Å². The quantitative estimate of drug-likeness (QED) is 0.662. The molecule has 1 aromatic rings. The Hall–Kier alpha value is -0.590. The van der Waals surface area contributed by atoms with Gasteiger partial charge in [-0.05, 0) is 13.8 Å². The van der Waals surface area contributed by atoms with E-state index in [4.69, 9.17) is 4.52 Å². The summed E-state index contributed by atoms with van der Waals surface area (Å²) in [5, 5.41) is 6.32. The number of amides is 1. The number of anilines is 1. The normalized spacial score (nSPS) is 9.92. The van der Waals surface area contributed by atoms with Crippen LogP contribution in [0.2, 0.25) is 0 Å². The van der Waals surface area contributed by atoms with E-state index in [1.807, 2.05) is 36.4 Å². The molecule has 0 fully saturated rings. The number of carbonyl (C=O) groups excluding carboxylic acids is 1. The molecule has 0 aliphatic rings. The molecule has 5 heteroatoms. The van der Waals surface area contributed by atoms with Gasteiger partial charge in [-0.25, -0.2) is 0 Å². The van der Waals surface area contributed by atoms with Crippen LogP contribution in [0, 0.1) is 13.8 Å². The average molecular weight is 280 g/mol. The maximum Gasteiger partial charge on any atom is 0.236 e.